The Labute approximate surface area is 213 Å². The normalized spacial score (nSPS) is 14.2. The fourth-order valence-electron chi connectivity index (χ4n) is 3.87. The quantitative estimate of drug-likeness (QED) is 0.296. The average Bonchev–Trinajstić information content (AvgIpc) is 3.57. The van der Waals surface area contributed by atoms with Gasteiger partial charge in [-0.15, -0.1) is 21.5 Å². The largest absolute Gasteiger partial charge is 0.416 e. The summed E-state index contributed by atoms with van der Waals surface area (Å²) in [6.07, 6.45) is -4.46. The first-order chi connectivity index (χ1) is 17.4. The lowest BCUT2D eigenvalue weighted by atomic mass is 10.1. The fraction of sp³-hybridized carbons (Fsp3) is 0.240. The van der Waals surface area contributed by atoms with Gasteiger partial charge in [0.2, 0.25) is 0 Å². The Morgan fingerprint density at radius 2 is 1.83 bits per heavy atom. The number of carbonyl (C=O) groups excluding carboxylic acids is 1. The molecule has 0 radical (unpaired) electrons. The van der Waals surface area contributed by atoms with Gasteiger partial charge in [0.05, 0.1) is 29.3 Å². The van der Waals surface area contributed by atoms with Crippen LogP contribution in [-0.2, 0) is 16.7 Å². The zero-order valence-corrected chi connectivity index (χ0v) is 20.6. The summed E-state index contributed by atoms with van der Waals surface area (Å²) < 4.78 is 47.2. The molecule has 5 rings (SSSR count). The van der Waals surface area contributed by atoms with Crippen LogP contribution in [0.2, 0.25) is 0 Å². The average molecular weight is 531 g/mol. The fourth-order valence-corrected chi connectivity index (χ4v) is 5.47. The second kappa shape index (κ2) is 10.5. The molecular weight excluding hydrogens is 509 g/mol. The highest BCUT2D eigenvalue weighted by atomic mass is 32.2. The van der Waals surface area contributed by atoms with Crippen LogP contribution in [-0.4, -0.2) is 51.9 Å². The number of aromatic nitrogens is 3. The molecule has 2 aromatic carbocycles. The second-order valence-electron chi connectivity index (χ2n) is 8.06. The molecule has 0 spiro atoms. The molecule has 3 heterocycles. The maximum atomic E-state index is 13.4. The molecule has 0 saturated carbocycles. The van der Waals surface area contributed by atoms with Crippen LogP contribution in [0.1, 0.15) is 21.5 Å². The molecular formula is C25H21F3N4O2S2. The first-order valence-corrected chi connectivity index (χ1v) is 13.0. The highest BCUT2D eigenvalue weighted by Crippen LogP contribution is 2.35. The number of benzene rings is 2. The van der Waals surface area contributed by atoms with Gasteiger partial charge >= 0.3 is 6.18 Å². The molecule has 11 heteroatoms. The molecule has 4 aromatic rings. The number of morpholine rings is 1. The SMILES string of the molecule is O=C(c1cccc(CSc2nnc(-c3cccs3)n2-c2cccc(C(F)(F)F)c2)c1)N1CCOCC1. The zero-order chi connectivity index (χ0) is 25.1. The minimum Gasteiger partial charge on any atom is -0.378 e. The van der Waals surface area contributed by atoms with Gasteiger partial charge in [-0.1, -0.05) is 36.0 Å². The van der Waals surface area contributed by atoms with Crippen LogP contribution >= 0.6 is 23.1 Å². The summed E-state index contributed by atoms with van der Waals surface area (Å²) >= 11 is 2.79. The minimum atomic E-state index is -4.46. The van der Waals surface area contributed by atoms with E-state index in [9.17, 15) is 18.0 Å². The van der Waals surface area contributed by atoms with Gasteiger partial charge in [0.1, 0.15) is 0 Å². The predicted octanol–water partition coefficient (Wildman–Crippen LogP) is 5.78. The monoisotopic (exact) mass is 530 g/mol. The van der Waals surface area contributed by atoms with Crippen LogP contribution in [0.15, 0.2) is 71.2 Å². The lowest BCUT2D eigenvalue weighted by Crippen LogP contribution is -2.40. The third kappa shape index (κ3) is 5.32. The molecule has 1 saturated heterocycles. The Bertz CT molecular complexity index is 1350. The number of hydrogen-bond acceptors (Lipinski definition) is 6. The summed E-state index contributed by atoms with van der Waals surface area (Å²) in [6.45, 7) is 2.17. The number of hydrogen-bond donors (Lipinski definition) is 0. The minimum absolute atomic E-state index is 0.0442. The van der Waals surface area contributed by atoms with Gasteiger partial charge in [-0.25, -0.2) is 0 Å². The van der Waals surface area contributed by atoms with E-state index in [4.69, 9.17) is 4.74 Å². The summed E-state index contributed by atoms with van der Waals surface area (Å²) in [5, 5.41) is 10.9. The molecule has 0 aliphatic carbocycles. The van der Waals surface area contributed by atoms with E-state index in [0.29, 0.717) is 54.3 Å². The molecule has 36 heavy (non-hydrogen) atoms. The third-order valence-electron chi connectivity index (χ3n) is 5.65. The van der Waals surface area contributed by atoms with Gasteiger partial charge in [0.15, 0.2) is 11.0 Å². The van der Waals surface area contributed by atoms with Crippen molar-refractivity contribution in [2.75, 3.05) is 26.3 Å². The van der Waals surface area contributed by atoms with E-state index >= 15 is 0 Å². The number of amides is 1. The lowest BCUT2D eigenvalue weighted by Gasteiger charge is -2.27. The number of thioether (sulfide) groups is 1. The van der Waals surface area contributed by atoms with Gasteiger partial charge in [-0.3, -0.25) is 9.36 Å². The maximum Gasteiger partial charge on any atom is 0.416 e. The second-order valence-corrected chi connectivity index (χ2v) is 9.95. The van der Waals surface area contributed by atoms with Crippen molar-refractivity contribution in [2.24, 2.45) is 0 Å². The van der Waals surface area contributed by atoms with Crippen molar-refractivity contribution in [3.63, 3.8) is 0 Å². The standard InChI is InChI=1S/C25H21F3N4O2S2/c26-25(27,28)19-6-2-7-20(15-19)32-22(21-8-3-13-35-21)29-30-24(32)36-16-17-4-1-5-18(14-17)23(33)31-9-11-34-12-10-31/h1-8,13-15H,9-12,16H2. The Balaban J connectivity index is 1.43. The van der Waals surface area contributed by atoms with E-state index < -0.39 is 11.7 Å². The van der Waals surface area contributed by atoms with E-state index in [2.05, 4.69) is 10.2 Å². The van der Waals surface area contributed by atoms with E-state index in [-0.39, 0.29) is 5.91 Å². The van der Waals surface area contributed by atoms with Crippen molar-refractivity contribution < 1.29 is 22.7 Å². The van der Waals surface area contributed by atoms with E-state index in [1.807, 2.05) is 35.7 Å². The van der Waals surface area contributed by atoms with Crippen LogP contribution in [0, 0.1) is 0 Å². The molecule has 0 unspecified atom stereocenters. The van der Waals surface area contributed by atoms with Crippen molar-refractivity contribution >= 4 is 29.0 Å². The molecule has 6 nitrogen and oxygen atoms in total. The number of thiophene rings is 1. The molecule has 1 aliphatic heterocycles. The first kappa shape index (κ1) is 24.5. The van der Waals surface area contributed by atoms with Gasteiger partial charge in [0.25, 0.3) is 5.91 Å². The molecule has 0 N–H and O–H groups in total. The Morgan fingerprint density at radius 3 is 2.58 bits per heavy atom. The smallest absolute Gasteiger partial charge is 0.378 e. The van der Waals surface area contributed by atoms with E-state index in [1.165, 1.54) is 29.2 Å². The van der Waals surface area contributed by atoms with Crippen LogP contribution in [0.5, 0.6) is 0 Å². The van der Waals surface area contributed by atoms with Gasteiger partial charge < -0.3 is 9.64 Å². The molecule has 1 amide bonds. The van der Waals surface area contributed by atoms with Gasteiger partial charge in [0, 0.05) is 24.4 Å². The van der Waals surface area contributed by atoms with Crippen molar-refractivity contribution in [1.82, 2.24) is 19.7 Å². The predicted molar refractivity (Wildman–Crippen MR) is 132 cm³/mol. The molecule has 2 aromatic heterocycles. The number of alkyl halides is 3. The van der Waals surface area contributed by atoms with Crippen molar-refractivity contribution in [3.05, 3.63) is 82.7 Å². The van der Waals surface area contributed by atoms with Crippen LogP contribution < -0.4 is 0 Å². The number of ether oxygens (including phenoxy) is 1. The summed E-state index contributed by atoms with van der Waals surface area (Å²) in [5.74, 6) is 0.895. The van der Waals surface area contributed by atoms with E-state index in [0.717, 1.165) is 22.6 Å². The Morgan fingerprint density at radius 1 is 1.03 bits per heavy atom. The topological polar surface area (TPSA) is 60.2 Å². The summed E-state index contributed by atoms with van der Waals surface area (Å²) in [4.78, 5) is 15.4. The molecule has 0 atom stereocenters. The number of carbonyl (C=O) groups is 1. The Hall–Kier alpha value is -3.15. The summed E-state index contributed by atoms with van der Waals surface area (Å²) in [6, 6.07) is 16.2. The van der Waals surface area contributed by atoms with Crippen molar-refractivity contribution in [2.45, 2.75) is 17.1 Å². The van der Waals surface area contributed by atoms with Gasteiger partial charge in [-0.05, 0) is 47.3 Å². The molecule has 1 fully saturated rings. The summed E-state index contributed by atoms with van der Waals surface area (Å²) in [5.41, 5.74) is 1.08. The third-order valence-corrected chi connectivity index (χ3v) is 7.51. The highest BCUT2D eigenvalue weighted by molar-refractivity contribution is 7.98. The number of halogens is 3. The van der Waals surface area contributed by atoms with Gasteiger partial charge in [-0.2, -0.15) is 13.2 Å². The molecule has 1 aliphatic rings. The van der Waals surface area contributed by atoms with Crippen LogP contribution in [0.3, 0.4) is 0 Å². The van der Waals surface area contributed by atoms with Crippen molar-refractivity contribution in [1.29, 1.82) is 0 Å². The lowest BCUT2D eigenvalue weighted by molar-refractivity contribution is -0.137. The number of nitrogens with zero attached hydrogens (tertiary/aromatic N) is 4. The Kier molecular flexibility index (Phi) is 7.13. The number of rotatable bonds is 6. The zero-order valence-electron chi connectivity index (χ0n) is 18.9. The molecule has 186 valence electrons. The van der Waals surface area contributed by atoms with Crippen LogP contribution in [0.25, 0.3) is 16.4 Å². The first-order valence-electron chi connectivity index (χ1n) is 11.2. The van der Waals surface area contributed by atoms with Crippen LogP contribution in [0.4, 0.5) is 13.2 Å². The maximum absolute atomic E-state index is 13.4. The summed E-state index contributed by atoms with van der Waals surface area (Å²) in [7, 11) is 0. The molecule has 0 bridgehead atoms. The highest BCUT2D eigenvalue weighted by Gasteiger charge is 2.31. The van der Waals surface area contributed by atoms with Crippen molar-refractivity contribution in [3.8, 4) is 16.4 Å². The van der Waals surface area contributed by atoms with E-state index in [1.54, 1.807) is 21.6 Å².